The Hall–Kier alpha value is -0.860. The Balaban J connectivity index is 3.78. The molecule has 0 aliphatic heterocycles. The smallest absolute Gasteiger partial charge is 0.330 e. The Bertz CT molecular complexity index is 112. The van der Waals surface area contributed by atoms with E-state index in [9.17, 15) is 4.79 Å². The van der Waals surface area contributed by atoms with Crippen LogP contribution in [0.4, 0.5) is 0 Å². The number of hydrogen-bond acceptors (Lipinski definition) is 3. The second-order valence-electron chi connectivity index (χ2n) is 1.63. The standard InChI is InChI=1S/C6H11NO2/c1-4-5(7-2)6(8)9-3/h5H,2,4H2,1,3H3. The molecule has 0 spiro atoms. The van der Waals surface area contributed by atoms with E-state index in [-0.39, 0.29) is 12.0 Å². The summed E-state index contributed by atoms with van der Waals surface area (Å²) in [5, 5.41) is 0. The summed E-state index contributed by atoms with van der Waals surface area (Å²) >= 11 is 0. The zero-order valence-electron chi connectivity index (χ0n) is 5.76. The van der Waals surface area contributed by atoms with Crippen molar-refractivity contribution in [2.24, 2.45) is 4.99 Å². The van der Waals surface area contributed by atoms with Crippen LogP contribution >= 0.6 is 0 Å². The molecule has 0 aliphatic rings. The molecule has 0 aliphatic carbocycles. The summed E-state index contributed by atoms with van der Waals surface area (Å²) < 4.78 is 4.42. The Morgan fingerprint density at radius 2 is 2.44 bits per heavy atom. The van der Waals surface area contributed by atoms with Gasteiger partial charge in [0.2, 0.25) is 0 Å². The van der Waals surface area contributed by atoms with E-state index in [1.165, 1.54) is 7.11 Å². The van der Waals surface area contributed by atoms with Gasteiger partial charge in [-0.3, -0.25) is 4.99 Å². The summed E-state index contributed by atoms with van der Waals surface area (Å²) in [7, 11) is 1.34. The van der Waals surface area contributed by atoms with Gasteiger partial charge in [-0.25, -0.2) is 4.79 Å². The van der Waals surface area contributed by atoms with Crippen molar-refractivity contribution in [2.45, 2.75) is 19.4 Å². The molecule has 0 fully saturated rings. The Kier molecular flexibility index (Phi) is 3.67. The van der Waals surface area contributed by atoms with Crippen LogP contribution in [0.2, 0.25) is 0 Å². The highest BCUT2D eigenvalue weighted by Gasteiger charge is 2.12. The summed E-state index contributed by atoms with van der Waals surface area (Å²) in [6, 6.07) is -0.380. The maximum absolute atomic E-state index is 10.6. The summed E-state index contributed by atoms with van der Waals surface area (Å²) in [6.45, 7) is 5.11. The Labute approximate surface area is 54.7 Å². The first-order chi connectivity index (χ1) is 4.26. The first kappa shape index (κ1) is 8.14. The number of methoxy groups -OCH3 is 1. The van der Waals surface area contributed by atoms with Crippen LogP contribution in [0.5, 0.6) is 0 Å². The maximum Gasteiger partial charge on any atom is 0.330 e. The number of hydrogen-bond donors (Lipinski definition) is 0. The van der Waals surface area contributed by atoms with Crippen molar-refractivity contribution in [3.8, 4) is 0 Å². The van der Waals surface area contributed by atoms with Crippen molar-refractivity contribution in [3.05, 3.63) is 0 Å². The van der Waals surface area contributed by atoms with Gasteiger partial charge in [-0.2, -0.15) is 0 Å². The van der Waals surface area contributed by atoms with E-state index in [0.29, 0.717) is 6.42 Å². The number of ether oxygens (including phenoxy) is 1. The monoisotopic (exact) mass is 129 g/mol. The number of carbonyl (C=O) groups is 1. The van der Waals surface area contributed by atoms with E-state index >= 15 is 0 Å². The lowest BCUT2D eigenvalue weighted by Gasteiger charge is -2.03. The molecule has 3 nitrogen and oxygen atoms in total. The normalized spacial score (nSPS) is 12.2. The average Bonchev–Trinajstić information content (AvgIpc) is 1.90. The van der Waals surface area contributed by atoms with Gasteiger partial charge >= 0.3 is 5.97 Å². The molecule has 0 saturated carbocycles. The summed E-state index contributed by atoms with van der Waals surface area (Å²) in [5.41, 5.74) is 0. The summed E-state index contributed by atoms with van der Waals surface area (Å²) in [6.07, 6.45) is 0.649. The summed E-state index contributed by atoms with van der Waals surface area (Å²) in [4.78, 5) is 14.2. The fraction of sp³-hybridized carbons (Fsp3) is 0.667. The summed E-state index contributed by atoms with van der Waals surface area (Å²) in [5.74, 6) is -0.312. The predicted molar refractivity (Wildman–Crippen MR) is 35.6 cm³/mol. The van der Waals surface area contributed by atoms with Gasteiger partial charge in [0.05, 0.1) is 7.11 Å². The molecule has 0 bridgehead atoms. The van der Waals surface area contributed by atoms with Gasteiger partial charge in [-0.05, 0) is 13.1 Å². The second kappa shape index (κ2) is 4.06. The topological polar surface area (TPSA) is 38.7 Å². The van der Waals surface area contributed by atoms with E-state index in [1.807, 2.05) is 6.92 Å². The first-order valence-corrected chi connectivity index (χ1v) is 2.79. The highest BCUT2D eigenvalue weighted by atomic mass is 16.5. The first-order valence-electron chi connectivity index (χ1n) is 2.79. The molecule has 52 valence electrons. The van der Waals surface area contributed by atoms with E-state index in [0.717, 1.165) is 0 Å². The van der Waals surface area contributed by atoms with Crippen LogP contribution in [0.3, 0.4) is 0 Å². The van der Waals surface area contributed by atoms with Crippen LogP contribution in [0, 0.1) is 0 Å². The molecule has 9 heavy (non-hydrogen) atoms. The van der Waals surface area contributed by atoms with Gasteiger partial charge < -0.3 is 4.74 Å². The van der Waals surface area contributed by atoms with Gasteiger partial charge in [0.15, 0.2) is 0 Å². The van der Waals surface area contributed by atoms with Crippen LogP contribution in [0.1, 0.15) is 13.3 Å². The molecule has 0 heterocycles. The van der Waals surface area contributed by atoms with Crippen molar-refractivity contribution < 1.29 is 9.53 Å². The number of rotatable bonds is 3. The molecule has 0 N–H and O–H groups in total. The molecular formula is C6H11NO2. The molecule has 0 aromatic rings. The molecule has 1 unspecified atom stereocenters. The van der Waals surface area contributed by atoms with E-state index < -0.39 is 0 Å². The number of nitrogens with zero attached hydrogens (tertiary/aromatic N) is 1. The van der Waals surface area contributed by atoms with Crippen molar-refractivity contribution in [1.29, 1.82) is 0 Å². The van der Waals surface area contributed by atoms with Gasteiger partial charge in [-0.15, -0.1) is 0 Å². The SMILES string of the molecule is C=NC(CC)C(=O)OC. The third-order valence-corrected chi connectivity index (χ3v) is 1.08. The lowest BCUT2D eigenvalue weighted by molar-refractivity contribution is -0.142. The second-order valence-corrected chi connectivity index (χ2v) is 1.63. The van der Waals surface area contributed by atoms with Gasteiger partial charge in [0.1, 0.15) is 6.04 Å². The van der Waals surface area contributed by atoms with E-state index in [4.69, 9.17) is 0 Å². The van der Waals surface area contributed by atoms with Crippen LogP contribution in [-0.4, -0.2) is 25.8 Å². The van der Waals surface area contributed by atoms with E-state index in [2.05, 4.69) is 16.4 Å². The van der Waals surface area contributed by atoms with Crippen molar-refractivity contribution >= 4 is 12.7 Å². The van der Waals surface area contributed by atoms with Crippen molar-refractivity contribution in [3.63, 3.8) is 0 Å². The maximum atomic E-state index is 10.6. The lowest BCUT2D eigenvalue weighted by atomic mass is 10.2. The van der Waals surface area contributed by atoms with Crippen LogP contribution in [-0.2, 0) is 9.53 Å². The van der Waals surface area contributed by atoms with E-state index in [1.54, 1.807) is 0 Å². The number of aliphatic imine (C=N–C) groups is 1. The van der Waals surface area contributed by atoms with Gasteiger partial charge in [0.25, 0.3) is 0 Å². The minimum Gasteiger partial charge on any atom is -0.467 e. The fourth-order valence-electron chi connectivity index (χ4n) is 0.506. The number of carbonyl (C=O) groups excluding carboxylic acids is 1. The highest BCUT2D eigenvalue weighted by molar-refractivity contribution is 5.76. The Morgan fingerprint density at radius 3 is 2.56 bits per heavy atom. The van der Waals surface area contributed by atoms with Crippen molar-refractivity contribution in [1.82, 2.24) is 0 Å². The van der Waals surface area contributed by atoms with Crippen LogP contribution in [0.15, 0.2) is 4.99 Å². The molecule has 0 amide bonds. The average molecular weight is 129 g/mol. The zero-order valence-corrected chi connectivity index (χ0v) is 5.76. The third-order valence-electron chi connectivity index (χ3n) is 1.08. The molecule has 0 radical (unpaired) electrons. The Morgan fingerprint density at radius 1 is 1.89 bits per heavy atom. The fourth-order valence-corrected chi connectivity index (χ4v) is 0.506. The largest absolute Gasteiger partial charge is 0.467 e. The van der Waals surface area contributed by atoms with Crippen LogP contribution in [0.25, 0.3) is 0 Å². The molecule has 0 aromatic carbocycles. The number of esters is 1. The molecule has 0 saturated heterocycles. The molecule has 0 rings (SSSR count). The van der Waals surface area contributed by atoms with Gasteiger partial charge in [0, 0.05) is 0 Å². The predicted octanol–water partition coefficient (Wildman–Crippen LogP) is 0.639. The van der Waals surface area contributed by atoms with Crippen LogP contribution < -0.4 is 0 Å². The molecular weight excluding hydrogens is 118 g/mol. The highest BCUT2D eigenvalue weighted by Crippen LogP contribution is 1.96. The lowest BCUT2D eigenvalue weighted by Crippen LogP contribution is -2.18. The third kappa shape index (κ3) is 2.26. The molecule has 0 aromatic heterocycles. The minimum atomic E-state index is -0.380. The quantitative estimate of drug-likeness (QED) is 0.414. The van der Waals surface area contributed by atoms with Gasteiger partial charge in [-0.1, -0.05) is 6.92 Å². The molecule has 3 heteroatoms. The van der Waals surface area contributed by atoms with Crippen molar-refractivity contribution in [2.75, 3.05) is 7.11 Å². The molecule has 1 atom stereocenters. The minimum absolute atomic E-state index is 0.312. The zero-order chi connectivity index (χ0) is 7.28.